The molecule has 4 aliphatic carbocycles. The van der Waals surface area contributed by atoms with Gasteiger partial charge < -0.3 is 15.2 Å². The minimum absolute atomic E-state index is 0.0490. The molecule has 0 aromatic heterocycles. The molecular weight excluding hydrogens is 378 g/mol. The summed E-state index contributed by atoms with van der Waals surface area (Å²) in [5.41, 5.74) is 1.91. The minimum Gasteiger partial charge on any atom is -0.490 e. The second-order valence-electron chi connectivity index (χ2n) is 9.89. The van der Waals surface area contributed by atoms with Crippen LogP contribution in [0.5, 0.6) is 5.75 Å². The fourth-order valence-corrected chi connectivity index (χ4v) is 5.77. The Labute approximate surface area is 178 Å². The molecule has 0 radical (unpaired) electrons. The van der Waals surface area contributed by atoms with Gasteiger partial charge in [0.2, 0.25) is 5.91 Å². The molecule has 2 N–H and O–H groups in total. The van der Waals surface area contributed by atoms with Crippen molar-refractivity contribution in [2.45, 2.75) is 64.9 Å². The van der Waals surface area contributed by atoms with Crippen LogP contribution >= 0.6 is 0 Å². The number of carbonyl (C=O) groups is 2. The fraction of sp³-hybridized carbons (Fsp3) is 0.600. The third-order valence-electron chi connectivity index (χ3n) is 7.85. The maximum atomic E-state index is 12.4. The van der Waals surface area contributed by atoms with Gasteiger partial charge in [0.1, 0.15) is 5.75 Å². The quantitative estimate of drug-likeness (QED) is 0.658. The van der Waals surface area contributed by atoms with E-state index in [1.54, 1.807) is 30.3 Å². The number of fused-ring (bicyclic) bond motifs is 2. The first-order valence-corrected chi connectivity index (χ1v) is 11.3. The van der Waals surface area contributed by atoms with Crippen LogP contribution in [0.4, 0.5) is 0 Å². The number of hydrogen-bond acceptors (Lipinski definition) is 3. The lowest BCUT2D eigenvalue weighted by atomic mass is 9.45. The number of amides is 1. The number of carboxylic acids is 1. The van der Waals surface area contributed by atoms with Crippen LogP contribution in [-0.2, 0) is 4.79 Å². The summed E-state index contributed by atoms with van der Waals surface area (Å²) >= 11 is 0. The van der Waals surface area contributed by atoms with Crippen molar-refractivity contribution in [3.63, 3.8) is 0 Å². The average molecular weight is 412 g/mol. The molecule has 5 nitrogen and oxygen atoms in total. The number of aromatic carboxylic acids is 1. The smallest absolute Gasteiger partial charge is 0.335 e. The van der Waals surface area contributed by atoms with Crippen LogP contribution in [0, 0.1) is 23.2 Å². The van der Waals surface area contributed by atoms with E-state index in [4.69, 9.17) is 9.84 Å². The van der Waals surface area contributed by atoms with Crippen molar-refractivity contribution < 1.29 is 19.4 Å². The highest BCUT2D eigenvalue weighted by atomic mass is 16.5. The third kappa shape index (κ3) is 4.40. The van der Waals surface area contributed by atoms with E-state index in [2.05, 4.69) is 19.2 Å². The van der Waals surface area contributed by atoms with E-state index in [9.17, 15) is 9.59 Å². The largest absolute Gasteiger partial charge is 0.490 e. The molecule has 162 valence electrons. The second kappa shape index (κ2) is 8.44. The summed E-state index contributed by atoms with van der Waals surface area (Å²) in [6, 6.07) is 6.54. The number of ether oxygens (including phenoxy) is 1. The van der Waals surface area contributed by atoms with Gasteiger partial charge in [-0.3, -0.25) is 4.79 Å². The Balaban J connectivity index is 1.21. The molecule has 4 saturated carbocycles. The van der Waals surface area contributed by atoms with Gasteiger partial charge in [0.05, 0.1) is 11.7 Å². The third-order valence-corrected chi connectivity index (χ3v) is 7.85. The second-order valence-corrected chi connectivity index (χ2v) is 9.89. The van der Waals surface area contributed by atoms with E-state index in [0.717, 1.165) is 44.1 Å². The van der Waals surface area contributed by atoms with E-state index >= 15 is 0 Å². The fourth-order valence-electron chi connectivity index (χ4n) is 5.77. The van der Waals surface area contributed by atoms with Crippen LogP contribution in [0.25, 0.3) is 0 Å². The Kier molecular flexibility index (Phi) is 5.90. The van der Waals surface area contributed by atoms with Gasteiger partial charge in [-0.05, 0) is 92.4 Å². The van der Waals surface area contributed by atoms with Crippen LogP contribution in [0.15, 0.2) is 35.9 Å². The predicted octanol–water partition coefficient (Wildman–Crippen LogP) is 4.82. The van der Waals surface area contributed by atoms with Crippen molar-refractivity contribution in [1.29, 1.82) is 0 Å². The number of carbonyl (C=O) groups excluding carboxylic acids is 1. The van der Waals surface area contributed by atoms with E-state index < -0.39 is 5.97 Å². The molecule has 0 unspecified atom stereocenters. The number of carboxylic acid groups (broad SMARTS) is 1. The zero-order valence-electron chi connectivity index (χ0n) is 18.0. The van der Waals surface area contributed by atoms with Crippen LogP contribution in [-0.4, -0.2) is 29.6 Å². The topological polar surface area (TPSA) is 75.6 Å². The van der Waals surface area contributed by atoms with Crippen LogP contribution in [0.1, 0.15) is 69.2 Å². The highest BCUT2D eigenvalue weighted by Crippen LogP contribution is 2.61. The van der Waals surface area contributed by atoms with Crippen molar-refractivity contribution in [3.8, 4) is 5.75 Å². The number of benzene rings is 1. The van der Waals surface area contributed by atoms with E-state index in [1.165, 1.54) is 24.8 Å². The SMILES string of the molecule is CC1(C)[C@H]2CC[C@@H](CNC(=O)C=C3CCC(Oc4ccc(C(=O)O)cc4)CC3)[C@@H]1C2. The molecule has 30 heavy (non-hydrogen) atoms. The lowest BCUT2D eigenvalue weighted by Crippen LogP contribution is -2.54. The zero-order chi connectivity index (χ0) is 21.3. The highest BCUT2D eigenvalue weighted by Gasteiger charge is 2.53. The number of allylic oxidation sites excluding steroid dienone is 1. The standard InChI is InChI=1S/C25H33NO4/c1-25(2)19-8-5-18(22(25)14-19)15-26-23(27)13-16-3-9-20(10-4-16)30-21-11-6-17(7-12-21)24(28)29/h6-7,11-13,18-20,22H,3-5,8-10,14-15H2,1-2H3,(H,26,27)(H,28,29)/t18-,19-,20?,22-/m0/s1. The van der Waals surface area contributed by atoms with Crippen LogP contribution in [0.2, 0.25) is 0 Å². The van der Waals surface area contributed by atoms with Gasteiger partial charge in [-0.25, -0.2) is 4.79 Å². The lowest BCUT2D eigenvalue weighted by Gasteiger charge is -2.60. The molecule has 5 rings (SSSR count). The van der Waals surface area contributed by atoms with Crippen molar-refractivity contribution >= 4 is 11.9 Å². The molecule has 4 fully saturated rings. The Morgan fingerprint density at radius 2 is 1.83 bits per heavy atom. The van der Waals surface area contributed by atoms with Crippen molar-refractivity contribution in [2.24, 2.45) is 23.2 Å². The van der Waals surface area contributed by atoms with Crippen LogP contribution < -0.4 is 10.1 Å². The summed E-state index contributed by atoms with van der Waals surface area (Å²) < 4.78 is 5.99. The molecule has 2 bridgehead atoms. The molecule has 1 aromatic rings. The Bertz CT molecular complexity index is 814. The zero-order valence-corrected chi connectivity index (χ0v) is 18.0. The maximum Gasteiger partial charge on any atom is 0.335 e. The normalized spacial score (nSPS) is 29.5. The Hall–Kier alpha value is -2.30. The number of rotatable bonds is 6. The van der Waals surface area contributed by atoms with Gasteiger partial charge in [0, 0.05) is 12.6 Å². The molecular formula is C25H33NO4. The first-order chi connectivity index (χ1) is 14.3. The first kappa shape index (κ1) is 21.0. The summed E-state index contributed by atoms with van der Waals surface area (Å²) in [4.78, 5) is 23.4. The summed E-state index contributed by atoms with van der Waals surface area (Å²) in [7, 11) is 0. The lowest BCUT2D eigenvalue weighted by molar-refractivity contribution is -0.120. The van der Waals surface area contributed by atoms with Crippen molar-refractivity contribution in [1.82, 2.24) is 5.32 Å². The van der Waals surface area contributed by atoms with Gasteiger partial charge in [0.15, 0.2) is 0 Å². The molecule has 0 aliphatic heterocycles. The van der Waals surface area contributed by atoms with E-state index in [-0.39, 0.29) is 17.6 Å². The monoisotopic (exact) mass is 411 g/mol. The van der Waals surface area contributed by atoms with Gasteiger partial charge in [0.25, 0.3) is 0 Å². The summed E-state index contributed by atoms with van der Waals surface area (Å²) in [6.45, 7) is 5.59. The summed E-state index contributed by atoms with van der Waals surface area (Å²) in [5, 5.41) is 12.1. The Morgan fingerprint density at radius 1 is 1.13 bits per heavy atom. The van der Waals surface area contributed by atoms with E-state index in [1.807, 2.05) is 0 Å². The summed E-state index contributed by atoms with van der Waals surface area (Å²) in [6.07, 6.45) is 9.30. The minimum atomic E-state index is -0.934. The van der Waals surface area contributed by atoms with Crippen molar-refractivity contribution in [3.05, 3.63) is 41.5 Å². The molecule has 3 atom stereocenters. The van der Waals surface area contributed by atoms with E-state index in [0.29, 0.717) is 17.1 Å². The molecule has 1 amide bonds. The van der Waals surface area contributed by atoms with Gasteiger partial charge in [-0.1, -0.05) is 19.4 Å². The molecule has 0 heterocycles. The summed E-state index contributed by atoms with van der Waals surface area (Å²) in [5.74, 6) is 2.10. The van der Waals surface area contributed by atoms with Gasteiger partial charge in [-0.2, -0.15) is 0 Å². The molecule has 4 aliphatic rings. The van der Waals surface area contributed by atoms with Gasteiger partial charge in [-0.15, -0.1) is 0 Å². The highest BCUT2D eigenvalue weighted by molar-refractivity contribution is 5.88. The first-order valence-electron chi connectivity index (χ1n) is 11.3. The molecule has 1 aromatic carbocycles. The Morgan fingerprint density at radius 3 is 2.43 bits per heavy atom. The predicted molar refractivity (Wildman–Crippen MR) is 115 cm³/mol. The number of nitrogens with one attached hydrogen (secondary N) is 1. The van der Waals surface area contributed by atoms with Crippen LogP contribution in [0.3, 0.4) is 0 Å². The maximum absolute atomic E-state index is 12.4. The molecule has 5 heteroatoms. The van der Waals surface area contributed by atoms with Gasteiger partial charge >= 0.3 is 5.97 Å². The van der Waals surface area contributed by atoms with Crippen molar-refractivity contribution in [2.75, 3.05) is 6.54 Å². The average Bonchev–Trinajstić information content (AvgIpc) is 2.74. The molecule has 0 saturated heterocycles. The number of hydrogen-bond donors (Lipinski definition) is 2. The molecule has 0 spiro atoms.